The van der Waals surface area contributed by atoms with Gasteiger partial charge in [0.1, 0.15) is 6.61 Å². The number of carbonyl (C=O) groups excluding carboxylic acids is 2. The average Bonchev–Trinajstić information content (AvgIpc) is 2.86. The number of amides is 1. The molecule has 214 valence electrons. The van der Waals surface area contributed by atoms with Crippen LogP contribution < -0.4 is 5.32 Å². The molecule has 0 aliphatic carbocycles. The first-order valence-electron chi connectivity index (χ1n) is 13.5. The largest absolute Gasteiger partial charge is 0.382 e. The number of Topliss-reactive ketones (excluding diaryl/α,β-unsaturated/α-hetero) is 1. The molecule has 0 bridgehead atoms. The Hall–Kier alpha value is -1.14. The highest BCUT2D eigenvalue weighted by Gasteiger charge is 2.01. The molecule has 0 radical (unpaired) electrons. The third-order valence-electron chi connectivity index (χ3n) is 4.88. The van der Waals surface area contributed by atoms with Gasteiger partial charge in [0.15, 0.2) is 5.78 Å². The highest BCUT2D eigenvalue weighted by Crippen LogP contribution is 2.07. The Kier molecular flexibility index (Phi) is 29.1. The number of hydrogen-bond acceptors (Lipinski definition) is 9. The van der Waals surface area contributed by atoms with E-state index in [0.29, 0.717) is 85.6 Å². The molecular weight excluding hydrogens is 470 g/mol. The molecule has 10 nitrogen and oxygen atoms in total. The van der Waals surface area contributed by atoms with Crippen molar-refractivity contribution < 1.29 is 42.7 Å². The molecule has 0 unspecified atom stereocenters. The van der Waals surface area contributed by atoms with Crippen molar-refractivity contribution >= 4 is 11.7 Å². The molecule has 0 aliphatic rings. The van der Waals surface area contributed by atoms with Gasteiger partial charge < -0.3 is 38.5 Å². The van der Waals surface area contributed by atoms with Crippen molar-refractivity contribution in [3.05, 3.63) is 0 Å². The van der Waals surface area contributed by atoms with E-state index in [1.807, 2.05) is 6.92 Å². The van der Waals surface area contributed by atoms with E-state index in [2.05, 4.69) is 5.32 Å². The Bertz CT molecular complexity index is 480. The fourth-order valence-electron chi connectivity index (χ4n) is 3.01. The third-order valence-corrected chi connectivity index (χ3v) is 4.88. The van der Waals surface area contributed by atoms with Crippen LogP contribution in [0.25, 0.3) is 0 Å². The maximum atomic E-state index is 11.8. The topological polar surface area (TPSA) is 111 Å². The molecule has 0 saturated carbocycles. The highest BCUT2D eigenvalue weighted by atomic mass is 16.6. The van der Waals surface area contributed by atoms with Gasteiger partial charge in [-0.25, -0.2) is 0 Å². The van der Waals surface area contributed by atoms with Crippen LogP contribution in [0.3, 0.4) is 0 Å². The van der Waals surface area contributed by atoms with E-state index in [1.54, 1.807) is 0 Å². The second kappa shape index (κ2) is 30.1. The maximum Gasteiger partial charge on any atom is 0.220 e. The predicted octanol–water partition coefficient (Wildman–Crippen LogP) is 2.56. The summed E-state index contributed by atoms with van der Waals surface area (Å²) in [6.45, 7) is 11.1. The summed E-state index contributed by atoms with van der Waals surface area (Å²) in [5.74, 6) is 0.0990. The monoisotopic (exact) mass is 521 g/mol. The summed E-state index contributed by atoms with van der Waals surface area (Å²) in [6.07, 6.45) is 7.34. The van der Waals surface area contributed by atoms with Gasteiger partial charge in [-0.1, -0.05) is 25.7 Å². The van der Waals surface area contributed by atoms with Crippen LogP contribution >= 0.6 is 0 Å². The lowest BCUT2D eigenvalue weighted by molar-refractivity contribution is -0.122. The van der Waals surface area contributed by atoms with Crippen molar-refractivity contribution in [2.45, 2.75) is 58.8 Å². The lowest BCUT2D eigenvalue weighted by Crippen LogP contribution is -2.27. The van der Waals surface area contributed by atoms with E-state index in [1.165, 1.54) is 26.2 Å². The number of rotatable bonds is 30. The lowest BCUT2D eigenvalue weighted by atomic mass is 10.1. The normalized spacial score (nSPS) is 11.2. The van der Waals surface area contributed by atoms with Crippen LogP contribution in [0.15, 0.2) is 0 Å². The predicted molar refractivity (Wildman–Crippen MR) is 137 cm³/mol. The quantitative estimate of drug-likeness (QED) is 0.143. The zero-order chi connectivity index (χ0) is 26.4. The Morgan fingerprint density at radius 1 is 0.528 bits per heavy atom. The minimum atomic E-state index is 0.00586. The van der Waals surface area contributed by atoms with Crippen LogP contribution in [0.2, 0.25) is 0 Å². The number of ether oxygens (including phenoxy) is 7. The van der Waals surface area contributed by atoms with Crippen molar-refractivity contribution in [1.82, 2.24) is 5.32 Å². The molecule has 10 heteroatoms. The molecular formula is C26H51NO9. The number of nitrogens with one attached hydrogen (secondary N) is 1. The van der Waals surface area contributed by atoms with Crippen LogP contribution in [0.4, 0.5) is 0 Å². The van der Waals surface area contributed by atoms with Crippen molar-refractivity contribution in [1.29, 1.82) is 0 Å². The van der Waals surface area contributed by atoms with Gasteiger partial charge >= 0.3 is 0 Å². The first-order valence-corrected chi connectivity index (χ1v) is 13.5. The van der Waals surface area contributed by atoms with Gasteiger partial charge in [0.05, 0.1) is 72.7 Å². The Balaban J connectivity index is 3.13. The lowest BCUT2D eigenvalue weighted by Gasteiger charge is -2.08. The van der Waals surface area contributed by atoms with Gasteiger partial charge in [-0.3, -0.25) is 9.59 Å². The van der Waals surface area contributed by atoms with E-state index in [0.717, 1.165) is 32.5 Å². The molecule has 0 saturated heterocycles. The molecule has 0 aliphatic heterocycles. The Morgan fingerprint density at radius 2 is 0.972 bits per heavy atom. The second-order valence-electron chi connectivity index (χ2n) is 8.23. The minimum absolute atomic E-state index is 0.00586. The summed E-state index contributed by atoms with van der Waals surface area (Å²) in [5, 5.41) is 2.89. The summed E-state index contributed by atoms with van der Waals surface area (Å²) in [7, 11) is 0. The molecule has 36 heavy (non-hydrogen) atoms. The van der Waals surface area contributed by atoms with Gasteiger partial charge in [-0.15, -0.1) is 0 Å². The molecule has 0 fully saturated rings. The smallest absolute Gasteiger partial charge is 0.220 e. The molecule has 0 aromatic heterocycles. The number of unbranched alkanes of at least 4 members (excludes halogenated alkanes) is 5. The fraction of sp³-hybridized carbons (Fsp3) is 0.923. The molecule has 1 amide bonds. The fourth-order valence-corrected chi connectivity index (χ4v) is 3.01. The molecule has 0 rings (SSSR count). The SMILES string of the molecule is CCOCCCCCCCCC(=O)NCCOCCOCCOCCOCCOCCOCC(C)=O. The molecule has 0 spiro atoms. The van der Waals surface area contributed by atoms with Gasteiger partial charge in [0, 0.05) is 26.2 Å². The van der Waals surface area contributed by atoms with E-state index < -0.39 is 0 Å². The molecule has 0 aromatic rings. The van der Waals surface area contributed by atoms with Crippen molar-refractivity contribution in [3.8, 4) is 0 Å². The van der Waals surface area contributed by atoms with Crippen LogP contribution in [0.1, 0.15) is 58.8 Å². The van der Waals surface area contributed by atoms with E-state index in [-0.39, 0.29) is 18.3 Å². The van der Waals surface area contributed by atoms with Crippen LogP contribution in [-0.2, 0) is 42.7 Å². The third kappa shape index (κ3) is 30.9. The number of ketones is 1. The van der Waals surface area contributed by atoms with E-state index >= 15 is 0 Å². The number of hydrogen-bond donors (Lipinski definition) is 1. The number of carbonyl (C=O) groups is 2. The van der Waals surface area contributed by atoms with Gasteiger partial charge in [-0.2, -0.15) is 0 Å². The van der Waals surface area contributed by atoms with Crippen LogP contribution in [-0.4, -0.2) is 111 Å². The highest BCUT2D eigenvalue weighted by molar-refractivity contribution is 5.76. The van der Waals surface area contributed by atoms with Crippen LogP contribution in [0, 0.1) is 0 Å². The minimum Gasteiger partial charge on any atom is -0.382 e. The van der Waals surface area contributed by atoms with Crippen molar-refractivity contribution in [2.75, 3.05) is 99.0 Å². The van der Waals surface area contributed by atoms with Gasteiger partial charge in [0.2, 0.25) is 5.91 Å². The average molecular weight is 522 g/mol. The molecule has 0 heterocycles. The second-order valence-corrected chi connectivity index (χ2v) is 8.23. The molecule has 0 atom stereocenters. The van der Waals surface area contributed by atoms with Crippen molar-refractivity contribution in [3.63, 3.8) is 0 Å². The molecule has 0 aromatic carbocycles. The standard InChI is InChI=1S/C26H51NO9/c1-3-30-12-9-7-5-4-6-8-10-26(29)27-11-13-31-14-15-32-16-17-33-18-19-34-20-21-35-22-23-36-24-25(2)28/h3-24H2,1-2H3,(H,27,29). The molecule has 1 N–H and O–H groups in total. The first kappa shape index (κ1) is 34.9. The summed E-state index contributed by atoms with van der Waals surface area (Å²) in [4.78, 5) is 22.5. The summed E-state index contributed by atoms with van der Waals surface area (Å²) >= 11 is 0. The van der Waals surface area contributed by atoms with Crippen molar-refractivity contribution in [2.24, 2.45) is 0 Å². The first-order chi connectivity index (χ1) is 17.7. The Labute approximate surface area is 218 Å². The summed E-state index contributed by atoms with van der Waals surface area (Å²) < 4.78 is 37.4. The van der Waals surface area contributed by atoms with Crippen LogP contribution in [0.5, 0.6) is 0 Å². The van der Waals surface area contributed by atoms with E-state index in [9.17, 15) is 9.59 Å². The maximum absolute atomic E-state index is 11.8. The summed E-state index contributed by atoms with van der Waals surface area (Å²) in [6, 6.07) is 0. The van der Waals surface area contributed by atoms with Gasteiger partial charge in [0.25, 0.3) is 0 Å². The van der Waals surface area contributed by atoms with Gasteiger partial charge in [-0.05, 0) is 26.7 Å². The Morgan fingerprint density at radius 3 is 1.47 bits per heavy atom. The zero-order valence-electron chi connectivity index (χ0n) is 22.7. The summed E-state index contributed by atoms with van der Waals surface area (Å²) in [5.41, 5.74) is 0. The van der Waals surface area contributed by atoms with E-state index in [4.69, 9.17) is 33.2 Å². The zero-order valence-corrected chi connectivity index (χ0v) is 22.7.